The lowest BCUT2D eigenvalue weighted by molar-refractivity contribution is 0.0594. The van der Waals surface area contributed by atoms with Crippen molar-refractivity contribution in [3.63, 3.8) is 0 Å². The van der Waals surface area contributed by atoms with Gasteiger partial charge in [0.05, 0.1) is 7.11 Å². The lowest BCUT2D eigenvalue weighted by Gasteiger charge is -2.40. The normalized spacial score (nSPS) is 15.7. The Bertz CT molecular complexity index is 430. The van der Waals surface area contributed by atoms with Gasteiger partial charge >= 0.3 is 5.97 Å². The zero-order valence-electron chi connectivity index (χ0n) is 11.0. The van der Waals surface area contributed by atoms with E-state index in [1.807, 2.05) is 0 Å². The molecular weight excluding hydrogens is 232 g/mol. The van der Waals surface area contributed by atoms with Crippen LogP contribution < -0.4 is 4.90 Å². The minimum absolute atomic E-state index is 0.304. The number of rotatable bonds is 4. The maximum absolute atomic E-state index is 11.4. The van der Waals surface area contributed by atoms with Gasteiger partial charge in [0.1, 0.15) is 0 Å². The molecule has 0 spiro atoms. The summed E-state index contributed by atoms with van der Waals surface area (Å²) in [5.41, 5.74) is 0.304. The Labute approximate surface area is 107 Å². The van der Waals surface area contributed by atoms with E-state index in [1.165, 1.54) is 7.11 Å². The van der Waals surface area contributed by atoms with Crippen molar-refractivity contribution < 1.29 is 9.53 Å². The van der Waals surface area contributed by atoms with Crippen molar-refractivity contribution in [1.82, 2.24) is 14.9 Å². The van der Waals surface area contributed by atoms with Crippen LogP contribution in [0.4, 0.5) is 5.95 Å². The van der Waals surface area contributed by atoms with E-state index in [-0.39, 0.29) is 0 Å². The molecule has 98 valence electrons. The SMILES string of the molecule is COC(=O)c1ccnc(N2CC(CN(C)C)C2)n1. The first-order valence-corrected chi connectivity index (χ1v) is 5.91. The van der Waals surface area contributed by atoms with E-state index in [0.717, 1.165) is 19.6 Å². The van der Waals surface area contributed by atoms with Gasteiger partial charge in [-0.25, -0.2) is 14.8 Å². The standard InChI is InChI=1S/C12H18N4O2/c1-15(2)6-9-7-16(8-9)12-13-5-4-10(14-12)11(17)18-3/h4-5,9H,6-8H2,1-3H3. The van der Waals surface area contributed by atoms with Crippen LogP contribution in [0.5, 0.6) is 0 Å². The van der Waals surface area contributed by atoms with Crippen LogP contribution in [0.2, 0.25) is 0 Å². The maximum atomic E-state index is 11.4. The summed E-state index contributed by atoms with van der Waals surface area (Å²) in [5.74, 6) is 0.822. The van der Waals surface area contributed by atoms with Gasteiger partial charge in [-0.2, -0.15) is 0 Å². The van der Waals surface area contributed by atoms with E-state index in [4.69, 9.17) is 0 Å². The molecule has 0 atom stereocenters. The second-order valence-corrected chi connectivity index (χ2v) is 4.77. The molecule has 0 bridgehead atoms. The highest BCUT2D eigenvalue weighted by Crippen LogP contribution is 2.21. The molecule has 0 radical (unpaired) electrons. The molecule has 1 aromatic rings. The van der Waals surface area contributed by atoms with Gasteiger partial charge in [0.15, 0.2) is 5.69 Å². The molecule has 1 saturated heterocycles. The predicted octanol–water partition coefficient (Wildman–Crippen LogP) is 0.261. The zero-order chi connectivity index (χ0) is 13.1. The van der Waals surface area contributed by atoms with Gasteiger partial charge in [-0.05, 0) is 20.2 Å². The maximum Gasteiger partial charge on any atom is 0.356 e. The molecule has 0 unspecified atom stereocenters. The van der Waals surface area contributed by atoms with Crippen molar-refractivity contribution in [2.45, 2.75) is 0 Å². The summed E-state index contributed by atoms with van der Waals surface area (Å²) in [5, 5.41) is 0. The van der Waals surface area contributed by atoms with Gasteiger partial charge in [-0.3, -0.25) is 0 Å². The second-order valence-electron chi connectivity index (χ2n) is 4.77. The van der Waals surface area contributed by atoms with Crippen LogP contribution in [-0.4, -0.2) is 61.7 Å². The number of esters is 1. The number of hydrogen-bond acceptors (Lipinski definition) is 6. The minimum atomic E-state index is -0.427. The van der Waals surface area contributed by atoms with Gasteiger partial charge in [-0.15, -0.1) is 0 Å². The van der Waals surface area contributed by atoms with Gasteiger partial charge < -0.3 is 14.5 Å². The summed E-state index contributed by atoms with van der Waals surface area (Å²) < 4.78 is 4.64. The fourth-order valence-corrected chi connectivity index (χ4v) is 2.08. The lowest BCUT2D eigenvalue weighted by Crippen LogP contribution is -2.51. The van der Waals surface area contributed by atoms with Crippen molar-refractivity contribution >= 4 is 11.9 Å². The highest BCUT2D eigenvalue weighted by Gasteiger charge is 2.29. The van der Waals surface area contributed by atoms with Crippen LogP contribution in [0.25, 0.3) is 0 Å². The van der Waals surface area contributed by atoms with Gasteiger partial charge in [0.2, 0.25) is 5.95 Å². The molecule has 18 heavy (non-hydrogen) atoms. The number of carbonyl (C=O) groups excluding carboxylic acids is 1. The van der Waals surface area contributed by atoms with Crippen LogP contribution in [0, 0.1) is 5.92 Å². The third-order valence-corrected chi connectivity index (χ3v) is 2.90. The third-order valence-electron chi connectivity index (χ3n) is 2.90. The molecule has 1 aliphatic rings. The number of aromatic nitrogens is 2. The number of carbonyl (C=O) groups is 1. The van der Waals surface area contributed by atoms with E-state index in [0.29, 0.717) is 17.6 Å². The average molecular weight is 250 g/mol. The van der Waals surface area contributed by atoms with Crippen molar-refractivity contribution in [3.8, 4) is 0 Å². The van der Waals surface area contributed by atoms with Gasteiger partial charge in [0, 0.05) is 31.7 Å². The first-order valence-electron chi connectivity index (χ1n) is 5.91. The van der Waals surface area contributed by atoms with E-state index in [1.54, 1.807) is 12.3 Å². The molecule has 1 aliphatic heterocycles. The number of hydrogen-bond donors (Lipinski definition) is 0. The molecule has 2 rings (SSSR count). The molecule has 0 N–H and O–H groups in total. The summed E-state index contributed by atoms with van der Waals surface area (Å²) >= 11 is 0. The van der Waals surface area contributed by atoms with Crippen LogP contribution >= 0.6 is 0 Å². The van der Waals surface area contributed by atoms with E-state index in [9.17, 15) is 4.79 Å². The molecule has 0 aromatic carbocycles. The first-order chi connectivity index (χ1) is 8.60. The van der Waals surface area contributed by atoms with Crippen LogP contribution in [0.3, 0.4) is 0 Å². The molecular formula is C12H18N4O2. The Morgan fingerprint density at radius 2 is 2.28 bits per heavy atom. The fourth-order valence-electron chi connectivity index (χ4n) is 2.08. The summed E-state index contributed by atoms with van der Waals surface area (Å²) in [7, 11) is 5.48. The predicted molar refractivity (Wildman–Crippen MR) is 67.6 cm³/mol. The Balaban J connectivity index is 1.97. The number of methoxy groups -OCH3 is 1. The van der Waals surface area contributed by atoms with Crippen molar-refractivity contribution in [2.75, 3.05) is 45.7 Å². The van der Waals surface area contributed by atoms with E-state index >= 15 is 0 Å². The highest BCUT2D eigenvalue weighted by molar-refractivity contribution is 5.87. The summed E-state index contributed by atoms with van der Waals surface area (Å²) in [6.07, 6.45) is 1.59. The zero-order valence-corrected chi connectivity index (χ0v) is 11.0. The second kappa shape index (κ2) is 5.30. The van der Waals surface area contributed by atoms with Crippen molar-refractivity contribution in [1.29, 1.82) is 0 Å². The highest BCUT2D eigenvalue weighted by atomic mass is 16.5. The van der Waals surface area contributed by atoms with Gasteiger partial charge in [-0.1, -0.05) is 0 Å². The number of ether oxygens (including phenoxy) is 1. The van der Waals surface area contributed by atoms with Gasteiger partial charge in [0.25, 0.3) is 0 Å². The van der Waals surface area contributed by atoms with Crippen LogP contribution in [0.15, 0.2) is 12.3 Å². The topological polar surface area (TPSA) is 58.6 Å². The Hall–Kier alpha value is -1.69. The van der Waals surface area contributed by atoms with E-state index < -0.39 is 5.97 Å². The first kappa shape index (κ1) is 12.8. The Morgan fingerprint density at radius 3 is 2.89 bits per heavy atom. The fraction of sp³-hybridized carbons (Fsp3) is 0.583. The van der Waals surface area contributed by atoms with Crippen LogP contribution in [-0.2, 0) is 4.74 Å². The molecule has 6 heteroatoms. The van der Waals surface area contributed by atoms with Crippen LogP contribution in [0.1, 0.15) is 10.5 Å². The quantitative estimate of drug-likeness (QED) is 0.714. The lowest BCUT2D eigenvalue weighted by atomic mass is 10.0. The molecule has 1 aromatic heterocycles. The monoisotopic (exact) mass is 250 g/mol. The molecule has 0 amide bonds. The number of anilines is 1. The Morgan fingerprint density at radius 1 is 1.56 bits per heavy atom. The third kappa shape index (κ3) is 2.76. The van der Waals surface area contributed by atoms with E-state index in [2.05, 4.69) is 38.6 Å². The average Bonchev–Trinajstić information content (AvgIpc) is 2.32. The summed E-state index contributed by atoms with van der Waals surface area (Å²) in [6, 6.07) is 1.56. The molecule has 0 aliphatic carbocycles. The summed E-state index contributed by atoms with van der Waals surface area (Å²) in [4.78, 5) is 24.0. The molecule has 0 saturated carbocycles. The smallest absolute Gasteiger partial charge is 0.356 e. The Kier molecular flexibility index (Phi) is 3.76. The van der Waals surface area contributed by atoms with Crippen molar-refractivity contribution in [2.24, 2.45) is 5.92 Å². The molecule has 2 heterocycles. The molecule has 6 nitrogen and oxygen atoms in total. The largest absolute Gasteiger partial charge is 0.464 e. The molecule has 1 fully saturated rings. The summed E-state index contributed by atoms with van der Waals surface area (Å²) in [6.45, 7) is 2.93. The number of nitrogens with zero attached hydrogens (tertiary/aromatic N) is 4. The minimum Gasteiger partial charge on any atom is -0.464 e. The van der Waals surface area contributed by atoms with Crippen molar-refractivity contribution in [3.05, 3.63) is 18.0 Å².